The van der Waals surface area contributed by atoms with Crippen LogP contribution >= 0.6 is 0 Å². The number of sulfonamides is 1. The fourth-order valence-electron chi connectivity index (χ4n) is 2.89. The minimum Gasteiger partial charge on any atom is -0.493 e. The Morgan fingerprint density at radius 3 is 2.48 bits per heavy atom. The maximum Gasteiger partial charge on any atom is 0.290 e. The van der Waals surface area contributed by atoms with Gasteiger partial charge in [-0.05, 0) is 18.2 Å². The van der Waals surface area contributed by atoms with Gasteiger partial charge in [0.2, 0.25) is 10.0 Å². The molecule has 0 aliphatic carbocycles. The standard InChI is InChI=1S/C17H23N3O5S.CH2O2/c1-23-15-4-3-14(13-16(15)24-2)17-18-5-6-19(17)9-12-26(21,22)20-7-10-25-11-8-20;2-1-3/h3-6,13H,7-12H2,1-2H3;1H,(H,2,3). The molecule has 160 valence electrons. The molecule has 1 fully saturated rings. The second-order valence-corrected chi connectivity index (χ2v) is 8.04. The van der Waals surface area contributed by atoms with Crippen LogP contribution in [0.1, 0.15) is 0 Å². The summed E-state index contributed by atoms with van der Waals surface area (Å²) in [5.41, 5.74) is 0.830. The first-order chi connectivity index (χ1) is 14.0. The monoisotopic (exact) mass is 427 g/mol. The number of nitrogens with zero attached hydrogens (tertiary/aromatic N) is 3. The third-order valence-electron chi connectivity index (χ3n) is 4.31. The van der Waals surface area contributed by atoms with Gasteiger partial charge in [0.05, 0.1) is 33.2 Å². The number of imidazole rings is 1. The lowest BCUT2D eigenvalue weighted by Crippen LogP contribution is -2.42. The number of ether oxygens (including phenoxy) is 3. The van der Waals surface area contributed by atoms with Gasteiger partial charge < -0.3 is 23.9 Å². The molecule has 1 aromatic heterocycles. The largest absolute Gasteiger partial charge is 0.493 e. The molecule has 1 aromatic carbocycles. The lowest BCUT2D eigenvalue weighted by atomic mass is 10.2. The second kappa shape index (κ2) is 10.8. The lowest BCUT2D eigenvalue weighted by molar-refractivity contribution is -0.122. The van der Waals surface area contributed by atoms with Crippen molar-refractivity contribution in [1.82, 2.24) is 13.9 Å². The molecule has 10 nitrogen and oxygen atoms in total. The summed E-state index contributed by atoms with van der Waals surface area (Å²) >= 11 is 0. The minimum absolute atomic E-state index is 0.0175. The molecule has 1 saturated heterocycles. The lowest BCUT2D eigenvalue weighted by Gasteiger charge is -2.26. The van der Waals surface area contributed by atoms with Crippen LogP contribution in [0, 0.1) is 0 Å². The highest BCUT2D eigenvalue weighted by molar-refractivity contribution is 7.89. The van der Waals surface area contributed by atoms with Crippen molar-refractivity contribution in [2.75, 3.05) is 46.3 Å². The number of benzene rings is 1. The molecule has 11 heteroatoms. The number of rotatable bonds is 7. The molecule has 2 aromatic rings. The van der Waals surface area contributed by atoms with Crippen LogP contribution in [0.2, 0.25) is 0 Å². The van der Waals surface area contributed by atoms with Gasteiger partial charge in [0.25, 0.3) is 6.47 Å². The highest BCUT2D eigenvalue weighted by Crippen LogP contribution is 2.31. The normalized spacial score (nSPS) is 14.6. The summed E-state index contributed by atoms with van der Waals surface area (Å²) < 4.78 is 44.1. The quantitative estimate of drug-likeness (QED) is 0.648. The Bertz CT molecular complexity index is 893. The molecule has 0 amide bonds. The molecule has 29 heavy (non-hydrogen) atoms. The van der Waals surface area contributed by atoms with E-state index in [1.807, 2.05) is 16.7 Å². The number of methoxy groups -OCH3 is 2. The Morgan fingerprint density at radius 1 is 1.21 bits per heavy atom. The molecule has 0 unspecified atom stereocenters. The van der Waals surface area contributed by atoms with Gasteiger partial charge in [0, 0.05) is 37.6 Å². The predicted octanol–water partition coefficient (Wildman–Crippen LogP) is 0.930. The Hall–Kier alpha value is -2.63. The van der Waals surface area contributed by atoms with Gasteiger partial charge in [-0.25, -0.2) is 13.4 Å². The molecule has 0 radical (unpaired) electrons. The molecule has 0 spiro atoms. The molecule has 1 aliphatic rings. The smallest absolute Gasteiger partial charge is 0.290 e. The van der Waals surface area contributed by atoms with Gasteiger partial charge in [-0.3, -0.25) is 4.79 Å². The van der Waals surface area contributed by atoms with Crippen molar-refractivity contribution < 1.29 is 32.5 Å². The van der Waals surface area contributed by atoms with Gasteiger partial charge >= 0.3 is 0 Å². The van der Waals surface area contributed by atoms with Gasteiger partial charge in [-0.2, -0.15) is 4.31 Å². The van der Waals surface area contributed by atoms with Crippen molar-refractivity contribution in [3.8, 4) is 22.9 Å². The summed E-state index contributed by atoms with van der Waals surface area (Å²) in [6, 6.07) is 5.50. The minimum atomic E-state index is -3.32. The molecular formula is C18H25N3O7S. The van der Waals surface area contributed by atoms with Crippen LogP contribution in [0.15, 0.2) is 30.6 Å². The first-order valence-electron chi connectivity index (χ1n) is 8.83. The summed E-state index contributed by atoms with van der Waals surface area (Å²) in [5.74, 6) is 1.93. The van der Waals surface area contributed by atoms with E-state index in [-0.39, 0.29) is 12.2 Å². The molecule has 0 saturated carbocycles. The van der Waals surface area contributed by atoms with Gasteiger partial charge in [-0.1, -0.05) is 0 Å². The fraction of sp³-hybridized carbons (Fsp3) is 0.444. The summed E-state index contributed by atoms with van der Waals surface area (Å²) in [4.78, 5) is 12.7. The van der Waals surface area contributed by atoms with Crippen LogP contribution in [0.5, 0.6) is 11.5 Å². The van der Waals surface area contributed by atoms with Crippen molar-refractivity contribution in [3.63, 3.8) is 0 Å². The van der Waals surface area contributed by atoms with Crippen molar-refractivity contribution in [1.29, 1.82) is 0 Å². The van der Waals surface area contributed by atoms with Crippen LogP contribution in [-0.2, 0) is 26.1 Å². The number of hydrogen-bond donors (Lipinski definition) is 1. The topological polar surface area (TPSA) is 120 Å². The third kappa shape index (κ3) is 5.92. The maximum atomic E-state index is 12.5. The number of carbonyl (C=O) groups is 1. The summed E-state index contributed by atoms with van der Waals surface area (Å²) in [5, 5.41) is 6.89. The molecule has 2 heterocycles. The zero-order valence-electron chi connectivity index (χ0n) is 16.4. The third-order valence-corrected chi connectivity index (χ3v) is 6.16. The van der Waals surface area contributed by atoms with E-state index in [4.69, 9.17) is 24.1 Å². The van der Waals surface area contributed by atoms with Crippen LogP contribution in [0.4, 0.5) is 0 Å². The highest BCUT2D eigenvalue weighted by Gasteiger charge is 2.24. The summed E-state index contributed by atoms with van der Waals surface area (Å²) in [6.07, 6.45) is 3.44. The Balaban J connectivity index is 0.000000941. The van der Waals surface area contributed by atoms with Crippen LogP contribution in [0.25, 0.3) is 11.4 Å². The number of hydrogen-bond acceptors (Lipinski definition) is 7. The van der Waals surface area contributed by atoms with E-state index in [9.17, 15) is 8.42 Å². The van der Waals surface area contributed by atoms with E-state index in [0.29, 0.717) is 50.2 Å². The molecule has 3 rings (SSSR count). The number of aromatic nitrogens is 2. The van der Waals surface area contributed by atoms with Gasteiger partial charge in [0.15, 0.2) is 11.5 Å². The van der Waals surface area contributed by atoms with E-state index in [2.05, 4.69) is 4.98 Å². The SMILES string of the molecule is COc1ccc(-c2nccn2CCS(=O)(=O)N2CCOCC2)cc1OC.O=CO. The van der Waals surface area contributed by atoms with E-state index >= 15 is 0 Å². The molecule has 1 aliphatic heterocycles. The Labute approximate surface area is 169 Å². The van der Waals surface area contributed by atoms with E-state index in [1.54, 1.807) is 32.7 Å². The van der Waals surface area contributed by atoms with E-state index in [0.717, 1.165) is 5.56 Å². The molecule has 0 bridgehead atoms. The zero-order valence-corrected chi connectivity index (χ0v) is 17.2. The Morgan fingerprint density at radius 2 is 1.86 bits per heavy atom. The molecule has 1 N–H and O–H groups in total. The van der Waals surface area contributed by atoms with Gasteiger partial charge in [0.1, 0.15) is 5.82 Å². The van der Waals surface area contributed by atoms with Crippen molar-refractivity contribution in [2.24, 2.45) is 0 Å². The van der Waals surface area contributed by atoms with Crippen LogP contribution in [-0.4, -0.2) is 80.1 Å². The maximum absolute atomic E-state index is 12.5. The number of morpholine rings is 1. The van der Waals surface area contributed by atoms with Crippen molar-refractivity contribution in [3.05, 3.63) is 30.6 Å². The summed E-state index contributed by atoms with van der Waals surface area (Å²) in [7, 11) is -0.171. The van der Waals surface area contributed by atoms with Crippen LogP contribution in [0.3, 0.4) is 0 Å². The molecular weight excluding hydrogens is 402 g/mol. The fourth-order valence-corrected chi connectivity index (χ4v) is 4.28. The summed E-state index contributed by atoms with van der Waals surface area (Å²) in [6.45, 7) is 1.79. The second-order valence-electron chi connectivity index (χ2n) is 5.95. The zero-order chi connectivity index (χ0) is 21.3. The first-order valence-corrected chi connectivity index (χ1v) is 10.4. The van der Waals surface area contributed by atoms with Crippen molar-refractivity contribution in [2.45, 2.75) is 6.54 Å². The average Bonchev–Trinajstić information content (AvgIpc) is 3.22. The van der Waals surface area contributed by atoms with Crippen LogP contribution < -0.4 is 9.47 Å². The average molecular weight is 427 g/mol. The highest BCUT2D eigenvalue weighted by atomic mass is 32.2. The van der Waals surface area contributed by atoms with E-state index in [1.165, 1.54) is 4.31 Å². The molecule has 0 atom stereocenters. The van der Waals surface area contributed by atoms with E-state index < -0.39 is 10.0 Å². The number of aryl methyl sites for hydroxylation is 1. The van der Waals surface area contributed by atoms with Gasteiger partial charge in [-0.15, -0.1) is 0 Å². The van der Waals surface area contributed by atoms with Crippen molar-refractivity contribution >= 4 is 16.5 Å². The Kier molecular flexibility index (Phi) is 8.43. The number of carboxylic acid groups (broad SMARTS) is 1. The first kappa shape index (κ1) is 22.7. The predicted molar refractivity (Wildman–Crippen MR) is 106 cm³/mol.